The molecule has 3 aromatic rings. The van der Waals surface area contributed by atoms with E-state index in [-0.39, 0.29) is 9.47 Å². The number of ether oxygens (including phenoxy) is 1. The highest BCUT2D eigenvalue weighted by atomic mass is 35.5. The lowest BCUT2D eigenvalue weighted by Crippen LogP contribution is -2.13. The maximum atomic E-state index is 12.5. The van der Waals surface area contributed by atoms with E-state index < -0.39 is 15.9 Å². The van der Waals surface area contributed by atoms with Gasteiger partial charge in [-0.25, -0.2) is 0 Å². The summed E-state index contributed by atoms with van der Waals surface area (Å²) in [5.41, 5.74) is 1.55. The third kappa shape index (κ3) is 5.04. The number of methoxy groups -OCH3 is 1. The van der Waals surface area contributed by atoms with Crippen LogP contribution in [0.2, 0.25) is 5.02 Å². The number of halogens is 1. The minimum atomic E-state index is -3.94. The van der Waals surface area contributed by atoms with Gasteiger partial charge in [0.15, 0.2) is 0 Å². The number of hydrogen-bond donors (Lipinski definition) is 2. The third-order valence-electron chi connectivity index (χ3n) is 3.45. The van der Waals surface area contributed by atoms with Gasteiger partial charge in [-0.05, 0) is 42.0 Å². The molecule has 0 aliphatic rings. The number of amides is 1. The van der Waals surface area contributed by atoms with E-state index in [9.17, 15) is 13.2 Å². The van der Waals surface area contributed by atoms with Gasteiger partial charge in [-0.15, -0.1) is 10.2 Å². The Morgan fingerprint density at radius 1 is 1.18 bits per heavy atom. The zero-order chi connectivity index (χ0) is 20.1. The van der Waals surface area contributed by atoms with E-state index in [4.69, 9.17) is 16.3 Å². The van der Waals surface area contributed by atoms with Crippen molar-refractivity contribution in [3.05, 3.63) is 64.7 Å². The average Bonchev–Trinajstić information content (AvgIpc) is 3.12. The number of sulfonamides is 1. The van der Waals surface area contributed by atoms with Crippen molar-refractivity contribution in [3.63, 3.8) is 0 Å². The summed E-state index contributed by atoms with van der Waals surface area (Å²) in [5.74, 6) is -0.447. The van der Waals surface area contributed by atoms with E-state index in [1.165, 1.54) is 0 Å². The van der Waals surface area contributed by atoms with E-state index in [0.717, 1.165) is 16.9 Å². The lowest BCUT2D eigenvalue weighted by Gasteiger charge is -2.07. The van der Waals surface area contributed by atoms with Gasteiger partial charge in [0.1, 0.15) is 0 Å². The van der Waals surface area contributed by atoms with Crippen LogP contribution in [0.1, 0.15) is 15.9 Å². The topological polar surface area (TPSA) is 110 Å². The minimum absolute atomic E-state index is 0.0634. The molecule has 1 amide bonds. The van der Waals surface area contributed by atoms with E-state index in [1.54, 1.807) is 49.6 Å². The highest BCUT2D eigenvalue weighted by molar-refractivity contribution is 7.94. The summed E-state index contributed by atoms with van der Waals surface area (Å²) in [7, 11) is -2.39. The molecule has 0 aliphatic carbocycles. The summed E-state index contributed by atoms with van der Waals surface area (Å²) in [6.07, 6.45) is 0. The zero-order valence-electron chi connectivity index (χ0n) is 14.5. The molecule has 11 heteroatoms. The highest BCUT2D eigenvalue weighted by Gasteiger charge is 2.21. The Hall–Kier alpha value is -2.53. The van der Waals surface area contributed by atoms with Crippen LogP contribution in [0, 0.1) is 0 Å². The molecule has 0 fully saturated rings. The van der Waals surface area contributed by atoms with Gasteiger partial charge in [-0.3, -0.25) is 14.8 Å². The fourth-order valence-electron chi connectivity index (χ4n) is 2.23. The van der Waals surface area contributed by atoms with Gasteiger partial charge >= 0.3 is 0 Å². The number of aromatic nitrogens is 2. The second-order valence-corrected chi connectivity index (χ2v) is 8.84. The van der Waals surface area contributed by atoms with Crippen molar-refractivity contribution in [2.24, 2.45) is 0 Å². The van der Waals surface area contributed by atoms with Crippen LogP contribution in [0.3, 0.4) is 0 Å². The molecule has 0 unspecified atom stereocenters. The lowest BCUT2D eigenvalue weighted by molar-refractivity contribution is 0.102. The Bertz CT molecular complexity index is 1080. The standard InChI is InChI=1S/C17H15ClN4O4S2/c1-26-10-11-3-2-4-14(9-11)22-28(24,25)17-21-20-16(27-17)19-15(23)12-5-7-13(18)8-6-12/h2-9,22H,10H2,1H3,(H,19,20,23). The van der Waals surface area contributed by atoms with E-state index >= 15 is 0 Å². The Labute approximate surface area is 170 Å². The van der Waals surface area contributed by atoms with Gasteiger partial charge in [0.2, 0.25) is 5.13 Å². The summed E-state index contributed by atoms with van der Waals surface area (Å²) in [6, 6.07) is 13.0. The number of hydrogen-bond acceptors (Lipinski definition) is 7. The Balaban J connectivity index is 1.72. The van der Waals surface area contributed by atoms with Crippen LogP contribution in [0.25, 0.3) is 0 Å². The first-order chi connectivity index (χ1) is 13.4. The molecule has 2 aromatic carbocycles. The first kappa shape index (κ1) is 20.2. The molecule has 0 saturated carbocycles. The fraction of sp³-hybridized carbons (Fsp3) is 0.118. The SMILES string of the molecule is COCc1cccc(NS(=O)(=O)c2nnc(NC(=O)c3ccc(Cl)cc3)s2)c1. The Morgan fingerprint density at radius 2 is 1.93 bits per heavy atom. The van der Waals surface area contributed by atoms with Crippen LogP contribution in [-0.2, 0) is 21.4 Å². The predicted molar refractivity (Wildman–Crippen MR) is 107 cm³/mol. The van der Waals surface area contributed by atoms with Crippen LogP contribution in [-0.4, -0.2) is 31.6 Å². The van der Waals surface area contributed by atoms with Crippen LogP contribution in [0.4, 0.5) is 10.8 Å². The van der Waals surface area contributed by atoms with Crippen molar-refractivity contribution >= 4 is 49.7 Å². The van der Waals surface area contributed by atoms with Gasteiger partial charge in [0.25, 0.3) is 20.3 Å². The molecule has 2 N–H and O–H groups in total. The van der Waals surface area contributed by atoms with Crippen molar-refractivity contribution in [1.29, 1.82) is 0 Å². The van der Waals surface area contributed by atoms with E-state index in [2.05, 4.69) is 20.2 Å². The second-order valence-electron chi connectivity index (χ2n) is 5.57. The van der Waals surface area contributed by atoms with E-state index in [0.29, 0.717) is 22.9 Å². The van der Waals surface area contributed by atoms with E-state index in [1.807, 2.05) is 6.07 Å². The van der Waals surface area contributed by atoms with Crippen LogP contribution in [0.15, 0.2) is 52.9 Å². The molecule has 8 nitrogen and oxygen atoms in total. The number of nitrogens with zero attached hydrogens (tertiary/aromatic N) is 2. The van der Waals surface area contributed by atoms with Crippen molar-refractivity contribution < 1.29 is 17.9 Å². The summed E-state index contributed by atoms with van der Waals surface area (Å²) >= 11 is 6.54. The molecule has 0 atom stereocenters. The van der Waals surface area contributed by atoms with Crippen molar-refractivity contribution in [1.82, 2.24) is 10.2 Å². The number of benzene rings is 2. The normalized spacial score (nSPS) is 11.2. The molecule has 0 saturated heterocycles. The van der Waals surface area contributed by atoms with Crippen LogP contribution < -0.4 is 10.0 Å². The summed E-state index contributed by atoms with van der Waals surface area (Å²) in [4.78, 5) is 12.2. The largest absolute Gasteiger partial charge is 0.380 e. The monoisotopic (exact) mass is 438 g/mol. The molecule has 28 heavy (non-hydrogen) atoms. The van der Waals surface area contributed by atoms with Crippen LogP contribution in [0.5, 0.6) is 0 Å². The summed E-state index contributed by atoms with van der Waals surface area (Å²) in [6.45, 7) is 0.356. The molecular weight excluding hydrogens is 424 g/mol. The van der Waals surface area contributed by atoms with Crippen LogP contribution >= 0.6 is 22.9 Å². The highest BCUT2D eigenvalue weighted by Crippen LogP contribution is 2.23. The number of rotatable bonds is 7. The number of anilines is 2. The first-order valence-electron chi connectivity index (χ1n) is 7.88. The number of carbonyl (C=O) groups excluding carboxylic acids is 1. The second kappa shape index (κ2) is 8.65. The minimum Gasteiger partial charge on any atom is -0.380 e. The number of carbonyl (C=O) groups is 1. The predicted octanol–water partition coefficient (Wildman–Crippen LogP) is 3.39. The molecule has 0 aliphatic heterocycles. The fourth-order valence-corrected chi connectivity index (χ4v) is 4.30. The smallest absolute Gasteiger partial charge is 0.291 e. The quantitative estimate of drug-likeness (QED) is 0.547. The molecule has 0 radical (unpaired) electrons. The molecular formula is C17H15ClN4O4S2. The summed E-state index contributed by atoms with van der Waals surface area (Å²) in [5, 5.41) is 10.5. The van der Waals surface area contributed by atoms with Gasteiger partial charge in [0.05, 0.1) is 6.61 Å². The maximum absolute atomic E-state index is 12.5. The van der Waals surface area contributed by atoms with Crippen molar-refractivity contribution in [3.8, 4) is 0 Å². The molecule has 0 spiro atoms. The third-order valence-corrected chi connectivity index (χ3v) is 6.29. The molecule has 3 rings (SSSR count). The summed E-state index contributed by atoms with van der Waals surface area (Å²) < 4.78 is 32.2. The van der Waals surface area contributed by atoms with Gasteiger partial charge in [-0.2, -0.15) is 8.42 Å². The van der Waals surface area contributed by atoms with Crippen molar-refractivity contribution in [2.75, 3.05) is 17.1 Å². The lowest BCUT2D eigenvalue weighted by atomic mass is 10.2. The maximum Gasteiger partial charge on any atom is 0.291 e. The van der Waals surface area contributed by atoms with Gasteiger partial charge in [-0.1, -0.05) is 35.1 Å². The van der Waals surface area contributed by atoms with Gasteiger partial charge < -0.3 is 4.74 Å². The van der Waals surface area contributed by atoms with Gasteiger partial charge in [0, 0.05) is 23.4 Å². The Morgan fingerprint density at radius 3 is 2.64 bits per heavy atom. The molecule has 1 heterocycles. The van der Waals surface area contributed by atoms with Crippen molar-refractivity contribution in [2.45, 2.75) is 10.9 Å². The first-order valence-corrected chi connectivity index (χ1v) is 10.6. The number of nitrogens with one attached hydrogen (secondary N) is 2. The zero-order valence-corrected chi connectivity index (χ0v) is 16.9. The molecule has 1 aromatic heterocycles. The Kier molecular flexibility index (Phi) is 6.25. The average molecular weight is 439 g/mol. The molecule has 0 bridgehead atoms. The molecule has 146 valence electrons.